The summed E-state index contributed by atoms with van der Waals surface area (Å²) in [7, 11) is 1.72. The van der Waals surface area contributed by atoms with Gasteiger partial charge >= 0.3 is 0 Å². The SMILES string of the molecule is Cn1c(CNC(=O)c2cccc([N+](=O)[O-])c2)nnc1SCC(=O)Nc1sc2c(c1C#N)CCCC2. The first kappa shape index (κ1) is 24.4. The number of nitrogens with one attached hydrogen (secondary N) is 2. The summed E-state index contributed by atoms with van der Waals surface area (Å²) in [5.41, 5.74) is 1.64. The fourth-order valence-electron chi connectivity index (χ4n) is 3.71. The number of nitro groups is 1. The number of carbonyl (C=O) groups excluding carboxylic acids is 2. The second-order valence-corrected chi connectivity index (χ2v) is 9.86. The Labute approximate surface area is 208 Å². The summed E-state index contributed by atoms with van der Waals surface area (Å²) in [6.07, 6.45) is 3.97. The molecule has 0 bridgehead atoms. The topological polar surface area (TPSA) is 156 Å². The summed E-state index contributed by atoms with van der Waals surface area (Å²) in [6, 6.07) is 7.68. The molecule has 1 aromatic carbocycles. The molecule has 13 heteroatoms. The van der Waals surface area contributed by atoms with E-state index in [1.54, 1.807) is 11.6 Å². The van der Waals surface area contributed by atoms with Crippen LogP contribution in [0.15, 0.2) is 29.4 Å². The minimum Gasteiger partial charge on any atom is -0.345 e. The monoisotopic (exact) mass is 511 g/mol. The van der Waals surface area contributed by atoms with Crippen molar-refractivity contribution in [2.24, 2.45) is 7.05 Å². The number of thiophene rings is 1. The standard InChI is InChI=1S/C22H21N7O4S2/c1-28-18(11-24-20(31)13-5-4-6-14(9-13)29(32)33)26-27-22(28)34-12-19(30)25-21-16(10-23)15-7-2-3-8-17(15)35-21/h4-6,9H,2-3,7-8,11-12H2,1H3,(H,24,31)(H,25,30). The predicted octanol–water partition coefficient (Wildman–Crippen LogP) is 3.20. The predicted molar refractivity (Wildman–Crippen MR) is 130 cm³/mol. The van der Waals surface area contributed by atoms with E-state index < -0.39 is 10.8 Å². The number of rotatable bonds is 8. The molecule has 35 heavy (non-hydrogen) atoms. The third kappa shape index (κ3) is 5.50. The van der Waals surface area contributed by atoms with Crippen LogP contribution in [0.25, 0.3) is 0 Å². The Morgan fingerprint density at radius 3 is 2.89 bits per heavy atom. The zero-order valence-corrected chi connectivity index (χ0v) is 20.4. The summed E-state index contributed by atoms with van der Waals surface area (Å²) < 4.78 is 1.66. The number of anilines is 1. The fourth-order valence-corrected chi connectivity index (χ4v) is 5.70. The number of nitriles is 1. The van der Waals surface area contributed by atoms with Crippen molar-refractivity contribution in [3.8, 4) is 6.07 Å². The normalized spacial score (nSPS) is 12.5. The van der Waals surface area contributed by atoms with E-state index in [1.807, 2.05) is 0 Å². The highest BCUT2D eigenvalue weighted by Crippen LogP contribution is 2.37. The zero-order valence-electron chi connectivity index (χ0n) is 18.7. The van der Waals surface area contributed by atoms with Crippen LogP contribution in [-0.2, 0) is 31.2 Å². The van der Waals surface area contributed by atoms with Crippen LogP contribution in [0.4, 0.5) is 10.7 Å². The lowest BCUT2D eigenvalue weighted by atomic mass is 9.96. The lowest BCUT2D eigenvalue weighted by Crippen LogP contribution is -2.24. The molecule has 2 amide bonds. The van der Waals surface area contributed by atoms with Gasteiger partial charge in [-0.2, -0.15) is 5.26 Å². The molecule has 2 heterocycles. The van der Waals surface area contributed by atoms with Gasteiger partial charge in [0.1, 0.15) is 11.1 Å². The number of thioether (sulfide) groups is 1. The fraction of sp³-hybridized carbons (Fsp3) is 0.318. The summed E-state index contributed by atoms with van der Waals surface area (Å²) in [4.78, 5) is 36.4. The van der Waals surface area contributed by atoms with Gasteiger partial charge in [0.05, 0.1) is 22.8 Å². The van der Waals surface area contributed by atoms with E-state index in [9.17, 15) is 25.0 Å². The van der Waals surface area contributed by atoms with Crippen molar-refractivity contribution in [3.05, 3.63) is 61.8 Å². The highest BCUT2D eigenvalue weighted by molar-refractivity contribution is 7.99. The van der Waals surface area contributed by atoms with E-state index in [0.29, 0.717) is 21.5 Å². The van der Waals surface area contributed by atoms with Crippen molar-refractivity contribution in [2.45, 2.75) is 37.4 Å². The molecule has 0 saturated heterocycles. The summed E-state index contributed by atoms with van der Waals surface area (Å²) >= 11 is 2.67. The average Bonchev–Trinajstić information content (AvgIpc) is 3.39. The van der Waals surface area contributed by atoms with Gasteiger partial charge in [0.15, 0.2) is 11.0 Å². The van der Waals surface area contributed by atoms with E-state index in [0.717, 1.165) is 31.2 Å². The third-order valence-corrected chi connectivity index (χ3v) is 7.75. The van der Waals surface area contributed by atoms with Crippen molar-refractivity contribution in [3.63, 3.8) is 0 Å². The molecule has 2 N–H and O–H groups in total. The minimum atomic E-state index is -0.563. The number of hydrogen-bond donors (Lipinski definition) is 2. The number of amides is 2. The van der Waals surface area contributed by atoms with Crippen LogP contribution in [0.3, 0.4) is 0 Å². The number of benzene rings is 1. The highest BCUT2D eigenvalue weighted by atomic mass is 32.2. The number of non-ortho nitro benzene ring substituents is 1. The van der Waals surface area contributed by atoms with Crippen LogP contribution in [-0.4, -0.2) is 37.3 Å². The van der Waals surface area contributed by atoms with Gasteiger partial charge in [0.25, 0.3) is 11.6 Å². The number of carbonyl (C=O) groups is 2. The number of hydrogen-bond acceptors (Lipinski definition) is 9. The molecule has 1 aliphatic rings. The van der Waals surface area contributed by atoms with Gasteiger partial charge in [-0.25, -0.2) is 0 Å². The Kier molecular flexibility index (Phi) is 7.42. The van der Waals surface area contributed by atoms with Crippen molar-refractivity contribution < 1.29 is 14.5 Å². The Balaban J connectivity index is 1.32. The van der Waals surface area contributed by atoms with Crippen LogP contribution in [0.1, 0.15) is 45.0 Å². The van der Waals surface area contributed by atoms with E-state index >= 15 is 0 Å². The van der Waals surface area contributed by atoms with Crippen molar-refractivity contribution in [1.82, 2.24) is 20.1 Å². The molecule has 180 valence electrons. The molecule has 0 radical (unpaired) electrons. The van der Waals surface area contributed by atoms with Crippen molar-refractivity contribution in [2.75, 3.05) is 11.1 Å². The Bertz CT molecular complexity index is 1340. The van der Waals surface area contributed by atoms with Gasteiger partial charge in [0.2, 0.25) is 5.91 Å². The maximum absolute atomic E-state index is 12.5. The second kappa shape index (κ2) is 10.7. The van der Waals surface area contributed by atoms with Gasteiger partial charge in [-0.1, -0.05) is 17.8 Å². The zero-order chi connectivity index (χ0) is 24.9. The first-order chi connectivity index (χ1) is 16.9. The summed E-state index contributed by atoms with van der Waals surface area (Å²) in [5.74, 6) is -0.172. The average molecular weight is 512 g/mol. The molecule has 4 rings (SSSR count). The third-order valence-electron chi connectivity index (χ3n) is 5.52. The van der Waals surface area contributed by atoms with Crippen LogP contribution in [0, 0.1) is 21.4 Å². The number of fused-ring (bicyclic) bond motifs is 1. The van der Waals surface area contributed by atoms with Gasteiger partial charge < -0.3 is 15.2 Å². The van der Waals surface area contributed by atoms with E-state index in [4.69, 9.17) is 0 Å². The lowest BCUT2D eigenvalue weighted by Gasteiger charge is -2.09. The first-order valence-electron chi connectivity index (χ1n) is 10.8. The van der Waals surface area contributed by atoms with Crippen LogP contribution >= 0.6 is 23.1 Å². The van der Waals surface area contributed by atoms with Gasteiger partial charge in [-0.15, -0.1) is 21.5 Å². The van der Waals surface area contributed by atoms with E-state index in [2.05, 4.69) is 26.9 Å². The number of aromatic nitrogens is 3. The molecule has 2 aromatic heterocycles. The van der Waals surface area contributed by atoms with Gasteiger partial charge in [-0.3, -0.25) is 19.7 Å². The molecule has 11 nitrogen and oxygen atoms in total. The molecule has 0 atom stereocenters. The van der Waals surface area contributed by atoms with Crippen molar-refractivity contribution in [1.29, 1.82) is 5.26 Å². The summed E-state index contributed by atoms with van der Waals surface area (Å²) in [6.45, 7) is 0.0596. The smallest absolute Gasteiger partial charge is 0.270 e. The number of nitro benzene ring substituents is 1. The number of nitrogens with zero attached hydrogens (tertiary/aromatic N) is 5. The Hall–Kier alpha value is -3.76. The maximum atomic E-state index is 12.5. The lowest BCUT2D eigenvalue weighted by molar-refractivity contribution is -0.384. The molecule has 1 aliphatic carbocycles. The highest BCUT2D eigenvalue weighted by Gasteiger charge is 2.22. The molecule has 0 fully saturated rings. The molecular weight excluding hydrogens is 490 g/mol. The van der Waals surface area contributed by atoms with E-state index in [-0.39, 0.29) is 29.5 Å². The molecule has 0 unspecified atom stereocenters. The first-order valence-corrected chi connectivity index (χ1v) is 12.6. The summed E-state index contributed by atoms with van der Waals surface area (Å²) in [5, 5.41) is 35.2. The van der Waals surface area contributed by atoms with Gasteiger partial charge in [0, 0.05) is 29.6 Å². The van der Waals surface area contributed by atoms with Crippen molar-refractivity contribution >= 4 is 45.6 Å². The quantitative estimate of drug-likeness (QED) is 0.265. The molecule has 0 aliphatic heterocycles. The second-order valence-electron chi connectivity index (χ2n) is 7.81. The number of aryl methyl sites for hydroxylation is 1. The Morgan fingerprint density at radius 1 is 1.31 bits per heavy atom. The maximum Gasteiger partial charge on any atom is 0.270 e. The molecule has 3 aromatic rings. The molecule has 0 saturated carbocycles. The van der Waals surface area contributed by atoms with Crippen LogP contribution in [0.2, 0.25) is 0 Å². The molecule has 0 spiro atoms. The molecular formula is C22H21N7O4S2. The van der Waals surface area contributed by atoms with Gasteiger partial charge in [-0.05, 0) is 37.3 Å². The Morgan fingerprint density at radius 2 is 2.11 bits per heavy atom. The van der Waals surface area contributed by atoms with Crippen LogP contribution in [0.5, 0.6) is 0 Å². The van der Waals surface area contributed by atoms with Crippen LogP contribution < -0.4 is 10.6 Å². The van der Waals surface area contributed by atoms with E-state index in [1.165, 1.54) is 52.2 Å². The largest absolute Gasteiger partial charge is 0.345 e. The minimum absolute atomic E-state index is 0.0596.